The van der Waals surface area contributed by atoms with Gasteiger partial charge in [0.1, 0.15) is 6.04 Å². The molecular formula is C15H17N5O3. The first-order valence-corrected chi connectivity index (χ1v) is 7.44. The minimum absolute atomic E-state index is 0.254. The van der Waals surface area contributed by atoms with Crippen LogP contribution in [0.15, 0.2) is 24.3 Å². The molecule has 2 heterocycles. The van der Waals surface area contributed by atoms with Gasteiger partial charge in [0.25, 0.3) is 5.91 Å². The summed E-state index contributed by atoms with van der Waals surface area (Å²) in [7, 11) is 1.68. The Labute approximate surface area is 132 Å². The van der Waals surface area contributed by atoms with Crippen molar-refractivity contribution in [3.05, 3.63) is 29.8 Å². The number of amides is 1. The number of likely N-dealkylation sites (tertiary alicyclic amines) is 1. The number of benzene rings is 1. The van der Waals surface area contributed by atoms with E-state index < -0.39 is 12.0 Å². The Morgan fingerprint density at radius 2 is 1.96 bits per heavy atom. The van der Waals surface area contributed by atoms with Crippen LogP contribution in [-0.4, -0.2) is 54.7 Å². The average molecular weight is 315 g/mol. The van der Waals surface area contributed by atoms with Crippen LogP contribution in [0, 0.1) is 0 Å². The second-order valence-electron chi connectivity index (χ2n) is 5.53. The van der Waals surface area contributed by atoms with Crippen LogP contribution in [0.25, 0.3) is 11.4 Å². The van der Waals surface area contributed by atoms with E-state index in [0.717, 1.165) is 18.4 Å². The largest absolute Gasteiger partial charge is 0.480 e. The van der Waals surface area contributed by atoms with Gasteiger partial charge in [-0.15, -0.1) is 10.2 Å². The summed E-state index contributed by atoms with van der Waals surface area (Å²) in [5.41, 5.74) is 1.22. The molecule has 1 aliphatic rings. The first-order chi connectivity index (χ1) is 11.1. The number of aryl methyl sites for hydroxylation is 1. The molecule has 3 rings (SSSR count). The van der Waals surface area contributed by atoms with E-state index in [1.165, 1.54) is 9.70 Å². The molecule has 2 aromatic rings. The fourth-order valence-electron chi connectivity index (χ4n) is 2.76. The Morgan fingerprint density at radius 1 is 1.22 bits per heavy atom. The first-order valence-electron chi connectivity index (χ1n) is 7.44. The number of hydrogen-bond acceptors (Lipinski definition) is 5. The van der Waals surface area contributed by atoms with Crippen molar-refractivity contribution in [1.29, 1.82) is 0 Å². The molecule has 1 saturated heterocycles. The van der Waals surface area contributed by atoms with Gasteiger partial charge in [-0.05, 0) is 36.6 Å². The van der Waals surface area contributed by atoms with Crippen LogP contribution in [0.5, 0.6) is 0 Å². The third kappa shape index (κ3) is 3.05. The summed E-state index contributed by atoms with van der Waals surface area (Å²) >= 11 is 0. The highest BCUT2D eigenvalue weighted by Crippen LogP contribution is 2.21. The van der Waals surface area contributed by atoms with Crippen molar-refractivity contribution in [2.45, 2.75) is 25.3 Å². The van der Waals surface area contributed by atoms with E-state index in [1.54, 1.807) is 31.3 Å². The van der Waals surface area contributed by atoms with E-state index in [1.807, 2.05) is 0 Å². The summed E-state index contributed by atoms with van der Waals surface area (Å²) in [4.78, 5) is 26.7. The van der Waals surface area contributed by atoms with Crippen molar-refractivity contribution in [2.24, 2.45) is 7.05 Å². The smallest absolute Gasteiger partial charge is 0.326 e. The molecule has 8 nitrogen and oxygen atoms in total. The highest BCUT2D eigenvalue weighted by Gasteiger charge is 2.32. The lowest BCUT2D eigenvalue weighted by molar-refractivity contribution is -0.143. The third-order valence-corrected chi connectivity index (χ3v) is 3.95. The van der Waals surface area contributed by atoms with E-state index >= 15 is 0 Å². The molecule has 120 valence electrons. The molecule has 1 N–H and O–H groups in total. The second-order valence-corrected chi connectivity index (χ2v) is 5.53. The van der Waals surface area contributed by atoms with Crippen LogP contribution in [0.4, 0.5) is 0 Å². The molecule has 23 heavy (non-hydrogen) atoms. The predicted molar refractivity (Wildman–Crippen MR) is 80.5 cm³/mol. The zero-order chi connectivity index (χ0) is 16.4. The molecule has 0 saturated carbocycles. The highest BCUT2D eigenvalue weighted by molar-refractivity contribution is 5.97. The van der Waals surface area contributed by atoms with Gasteiger partial charge in [-0.1, -0.05) is 12.1 Å². The van der Waals surface area contributed by atoms with Gasteiger partial charge in [0.2, 0.25) is 5.82 Å². The molecule has 1 fully saturated rings. The van der Waals surface area contributed by atoms with E-state index in [2.05, 4.69) is 15.4 Å². The van der Waals surface area contributed by atoms with E-state index in [4.69, 9.17) is 0 Å². The number of aromatic nitrogens is 4. The number of rotatable bonds is 3. The number of carbonyl (C=O) groups excluding carboxylic acids is 1. The molecule has 0 unspecified atom stereocenters. The predicted octanol–water partition coefficient (Wildman–Crippen LogP) is 0.956. The Hall–Kier alpha value is -2.77. The van der Waals surface area contributed by atoms with E-state index in [9.17, 15) is 14.7 Å². The molecule has 0 bridgehead atoms. The molecule has 1 amide bonds. The van der Waals surface area contributed by atoms with Crippen LogP contribution < -0.4 is 0 Å². The van der Waals surface area contributed by atoms with Crippen molar-refractivity contribution >= 4 is 11.9 Å². The van der Waals surface area contributed by atoms with Crippen LogP contribution in [0.1, 0.15) is 29.6 Å². The monoisotopic (exact) mass is 315 g/mol. The van der Waals surface area contributed by atoms with Crippen molar-refractivity contribution in [2.75, 3.05) is 6.54 Å². The summed E-state index contributed by atoms with van der Waals surface area (Å²) < 4.78 is 0. The van der Waals surface area contributed by atoms with Crippen LogP contribution in [0.2, 0.25) is 0 Å². The number of hydrogen-bond donors (Lipinski definition) is 1. The van der Waals surface area contributed by atoms with E-state index in [0.29, 0.717) is 24.4 Å². The van der Waals surface area contributed by atoms with Gasteiger partial charge in [-0.25, -0.2) is 4.79 Å². The summed E-state index contributed by atoms with van der Waals surface area (Å²) in [5.74, 6) is -0.720. The zero-order valence-corrected chi connectivity index (χ0v) is 12.7. The molecule has 1 aromatic heterocycles. The normalized spacial score (nSPS) is 18.0. The Morgan fingerprint density at radius 3 is 2.57 bits per heavy atom. The number of tetrazole rings is 1. The van der Waals surface area contributed by atoms with Gasteiger partial charge in [0.05, 0.1) is 7.05 Å². The minimum Gasteiger partial charge on any atom is -0.480 e. The van der Waals surface area contributed by atoms with Gasteiger partial charge < -0.3 is 10.0 Å². The van der Waals surface area contributed by atoms with Crippen LogP contribution in [0.3, 0.4) is 0 Å². The fraction of sp³-hybridized carbons (Fsp3) is 0.400. The lowest BCUT2D eigenvalue weighted by Gasteiger charge is -2.33. The topological polar surface area (TPSA) is 101 Å². The number of carboxylic acids is 1. The van der Waals surface area contributed by atoms with Gasteiger partial charge in [0, 0.05) is 17.7 Å². The third-order valence-electron chi connectivity index (χ3n) is 3.95. The molecule has 1 aromatic carbocycles. The summed E-state index contributed by atoms with van der Waals surface area (Å²) in [6.45, 7) is 0.475. The summed E-state index contributed by atoms with van der Waals surface area (Å²) in [6, 6.07) is 6.08. The van der Waals surface area contributed by atoms with Crippen LogP contribution >= 0.6 is 0 Å². The molecule has 0 spiro atoms. The second kappa shape index (κ2) is 6.15. The average Bonchev–Trinajstić information content (AvgIpc) is 3.01. The molecular weight excluding hydrogens is 298 g/mol. The first kappa shape index (κ1) is 15.1. The Bertz CT molecular complexity index is 725. The molecule has 1 atom stereocenters. The molecule has 1 aliphatic heterocycles. The summed E-state index contributed by atoms with van der Waals surface area (Å²) in [6.07, 6.45) is 2.16. The standard InChI is InChI=1S/C15H17N5O3/c1-19-17-13(16-18-19)10-5-7-11(8-6-10)14(21)20-9-3-2-4-12(20)15(22)23/h5-8,12H,2-4,9H2,1H3,(H,22,23)/t12-/m1/s1. The molecule has 8 heteroatoms. The number of carbonyl (C=O) groups is 2. The minimum atomic E-state index is -0.946. The van der Waals surface area contributed by atoms with Crippen molar-refractivity contribution in [3.8, 4) is 11.4 Å². The van der Waals surface area contributed by atoms with Gasteiger partial charge >= 0.3 is 5.97 Å². The lowest BCUT2D eigenvalue weighted by atomic mass is 10.0. The van der Waals surface area contributed by atoms with Crippen molar-refractivity contribution < 1.29 is 14.7 Å². The quantitative estimate of drug-likeness (QED) is 0.905. The number of carboxylic acid groups (broad SMARTS) is 1. The van der Waals surface area contributed by atoms with Gasteiger partial charge in [0.15, 0.2) is 0 Å². The Balaban J connectivity index is 1.80. The maximum absolute atomic E-state index is 12.6. The maximum atomic E-state index is 12.6. The maximum Gasteiger partial charge on any atom is 0.326 e. The SMILES string of the molecule is Cn1nnc(-c2ccc(C(=O)N3CCCC[C@@H]3C(=O)O)cc2)n1. The summed E-state index contributed by atoms with van der Waals surface area (Å²) in [5, 5.41) is 21.1. The van der Waals surface area contributed by atoms with Gasteiger partial charge in [-0.2, -0.15) is 4.80 Å². The fourth-order valence-corrected chi connectivity index (χ4v) is 2.76. The zero-order valence-electron chi connectivity index (χ0n) is 12.7. The lowest BCUT2D eigenvalue weighted by Crippen LogP contribution is -2.47. The number of aliphatic carboxylic acids is 1. The number of nitrogens with zero attached hydrogens (tertiary/aromatic N) is 5. The van der Waals surface area contributed by atoms with E-state index in [-0.39, 0.29) is 5.91 Å². The van der Waals surface area contributed by atoms with Crippen LogP contribution in [-0.2, 0) is 11.8 Å². The van der Waals surface area contributed by atoms with Crippen molar-refractivity contribution in [3.63, 3.8) is 0 Å². The molecule has 0 aliphatic carbocycles. The highest BCUT2D eigenvalue weighted by atomic mass is 16.4. The molecule has 0 radical (unpaired) electrons. The number of piperidine rings is 1. The Kier molecular flexibility index (Phi) is 4.05. The van der Waals surface area contributed by atoms with Crippen molar-refractivity contribution in [1.82, 2.24) is 25.1 Å². The van der Waals surface area contributed by atoms with Gasteiger partial charge in [-0.3, -0.25) is 4.79 Å².